The fraction of sp³-hybridized carbons (Fsp3) is 0.227. The summed E-state index contributed by atoms with van der Waals surface area (Å²) in [6.45, 7) is 8.56. The van der Waals surface area contributed by atoms with Crippen LogP contribution in [-0.4, -0.2) is 5.91 Å². The molecular weight excluding hydrogens is 342 g/mol. The van der Waals surface area contributed by atoms with E-state index >= 15 is 0 Å². The molecule has 3 aromatic rings. The summed E-state index contributed by atoms with van der Waals surface area (Å²) in [7, 11) is 0. The van der Waals surface area contributed by atoms with Crippen molar-refractivity contribution in [2.45, 2.75) is 34.3 Å². The Labute approximate surface area is 158 Å². The highest BCUT2D eigenvalue weighted by molar-refractivity contribution is 7.12. The minimum Gasteiger partial charge on any atom is -0.489 e. The van der Waals surface area contributed by atoms with Gasteiger partial charge in [-0.2, -0.15) is 0 Å². The van der Waals surface area contributed by atoms with E-state index in [1.807, 2.05) is 62.5 Å². The topological polar surface area (TPSA) is 38.3 Å². The lowest BCUT2D eigenvalue weighted by Gasteiger charge is -2.10. The first-order chi connectivity index (χ1) is 12.4. The second-order valence-corrected chi connectivity index (χ2v) is 7.51. The number of para-hydroxylation sites is 1. The highest BCUT2D eigenvalue weighted by Gasteiger charge is 2.12. The number of nitrogens with one attached hydrogen (secondary N) is 1. The minimum absolute atomic E-state index is 0.0785. The number of aryl methyl sites for hydroxylation is 4. The summed E-state index contributed by atoms with van der Waals surface area (Å²) < 4.78 is 5.90. The molecule has 1 amide bonds. The molecule has 26 heavy (non-hydrogen) atoms. The summed E-state index contributed by atoms with van der Waals surface area (Å²) in [4.78, 5) is 13.2. The standard InChI is InChI=1S/C22H23NO2S/c1-14-8-9-19(17(4)10-14)25-12-18-11-20(26-13-18)22(24)23-21-15(2)6-5-7-16(21)3/h5-11,13H,12H2,1-4H3,(H,23,24). The molecule has 0 bridgehead atoms. The smallest absolute Gasteiger partial charge is 0.265 e. The van der Waals surface area contributed by atoms with Crippen LogP contribution in [-0.2, 0) is 6.61 Å². The summed E-state index contributed by atoms with van der Waals surface area (Å²) in [5.41, 5.74) is 6.35. The summed E-state index contributed by atoms with van der Waals surface area (Å²) >= 11 is 1.44. The molecule has 3 nitrogen and oxygen atoms in total. The van der Waals surface area contributed by atoms with Gasteiger partial charge in [-0.3, -0.25) is 4.79 Å². The van der Waals surface area contributed by atoms with Gasteiger partial charge in [-0.05, 0) is 61.9 Å². The van der Waals surface area contributed by atoms with Crippen LogP contribution in [0.1, 0.15) is 37.5 Å². The van der Waals surface area contributed by atoms with E-state index in [1.165, 1.54) is 16.9 Å². The molecule has 0 radical (unpaired) electrons. The van der Waals surface area contributed by atoms with Crippen LogP contribution >= 0.6 is 11.3 Å². The lowest BCUT2D eigenvalue weighted by molar-refractivity contribution is 0.103. The third-order valence-corrected chi connectivity index (χ3v) is 5.30. The van der Waals surface area contributed by atoms with Gasteiger partial charge in [0.15, 0.2) is 0 Å². The first-order valence-electron chi connectivity index (χ1n) is 8.59. The number of hydrogen-bond acceptors (Lipinski definition) is 3. The zero-order chi connectivity index (χ0) is 18.7. The molecule has 0 fully saturated rings. The van der Waals surface area contributed by atoms with E-state index in [0.717, 1.165) is 33.7 Å². The van der Waals surface area contributed by atoms with Gasteiger partial charge < -0.3 is 10.1 Å². The normalized spacial score (nSPS) is 10.6. The van der Waals surface area contributed by atoms with Crippen molar-refractivity contribution in [3.63, 3.8) is 0 Å². The van der Waals surface area contributed by atoms with E-state index in [0.29, 0.717) is 11.5 Å². The van der Waals surface area contributed by atoms with Crippen molar-refractivity contribution in [2.24, 2.45) is 0 Å². The number of amides is 1. The Hall–Kier alpha value is -2.59. The van der Waals surface area contributed by atoms with Gasteiger partial charge in [-0.25, -0.2) is 0 Å². The molecule has 1 heterocycles. The van der Waals surface area contributed by atoms with Crippen molar-refractivity contribution in [3.05, 3.63) is 80.5 Å². The number of anilines is 1. The molecular formula is C22H23NO2S. The molecule has 4 heteroatoms. The predicted molar refractivity (Wildman–Crippen MR) is 108 cm³/mol. The molecule has 0 aliphatic rings. The van der Waals surface area contributed by atoms with Gasteiger partial charge in [-0.15, -0.1) is 11.3 Å². The first-order valence-corrected chi connectivity index (χ1v) is 9.47. The van der Waals surface area contributed by atoms with E-state index in [1.54, 1.807) is 0 Å². The van der Waals surface area contributed by atoms with E-state index in [-0.39, 0.29) is 5.91 Å². The quantitative estimate of drug-likeness (QED) is 0.619. The van der Waals surface area contributed by atoms with Crippen LogP contribution in [0.4, 0.5) is 5.69 Å². The van der Waals surface area contributed by atoms with Gasteiger partial charge in [-0.1, -0.05) is 35.9 Å². The third kappa shape index (κ3) is 4.14. The summed E-state index contributed by atoms with van der Waals surface area (Å²) in [6, 6.07) is 14.0. The molecule has 0 saturated carbocycles. The highest BCUT2D eigenvalue weighted by atomic mass is 32.1. The van der Waals surface area contributed by atoms with Crippen molar-refractivity contribution in [2.75, 3.05) is 5.32 Å². The number of hydrogen-bond donors (Lipinski definition) is 1. The average Bonchev–Trinajstić information content (AvgIpc) is 3.06. The lowest BCUT2D eigenvalue weighted by Crippen LogP contribution is -2.12. The predicted octanol–water partition coefficient (Wildman–Crippen LogP) is 5.81. The molecule has 1 N–H and O–H groups in total. The molecule has 0 aliphatic heterocycles. The van der Waals surface area contributed by atoms with Crippen LogP contribution in [0.25, 0.3) is 0 Å². The van der Waals surface area contributed by atoms with Crippen molar-refractivity contribution in [1.82, 2.24) is 0 Å². The number of carbonyl (C=O) groups excluding carboxylic acids is 1. The van der Waals surface area contributed by atoms with E-state index in [9.17, 15) is 4.79 Å². The zero-order valence-corrected chi connectivity index (χ0v) is 16.4. The molecule has 1 aromatic heterocycles. The van der Waals surface area contributed by atoms with Crippen LogP contribution in [0, 0.1) is 27.7 Å². The van der Waals surface area contributed by atoms with E-state index < -0.39 is 0 Å². The SMILES string of the molecule is Cc1ccc(OCc2csc(C(=O)Nc3c(C)cccc3C)c2)c(C)c1. The molecule has 2 aromatic carbocycles. The minimum atomic E-state index is -0.0785. The number of benzene rings is 2. The molecule has 3 rings (SSSR count). The van der Waals surface area contributed by atoms with Gasteiger partial charge in [0.1, 0.15) is 12.4 Å². The summed E-state index contributed by atoms with van der Waals surface area (Å²) in [5.74, 6) is 0.800. The fourth-order valence-electron chi connectivity index (χ4n) is 2.88. The first kappa shape index (κ1) is 18.2. The maximum absolute atomic E-state index is 12.6. The van der Waals surface area contributed by atoms with Crippen LogP contribution in [0.15, 0.2) is 47.8 Å². The monoisotopic (exact) mass is 365 g/mol. The van der Waals surface area contributed by atoms with Crippen molar-refractivity contribution in [1.29, 1.82) is 0 Å². The Balaban J connectivity index is 1.66. The maximum atomic E-state index is 12.6. The highest BCUT2D eigenvalue weighted by Crippen LogP contribution is 2.24. The number of rotatable bonds is 5. The van der Waals surface area contributed by atoms with Crippen LogP contribution in [0.5, 0.6) is 5.75 Å². The van der Waals surface area contributed by atoms with Crippen LogP contribution in [0.2, 0.25) is 0 Å². The second-order valence-electron chi connectivity index (χ2n) is 6.60. The maximum Gasteiger partial charge on any atom is 0.265 e. The van der Waals surface area contributed by atoms with E-state index in [4.69, 9.17) is 4.74 Å². The Morgan fingerprint density at radius 3 is 2.42 bits per heavy atom. The lowest BCUT2D eigenvalue weighted by atomic mass is 10.1. The Morgan fingerprint density at radius 2 is 1.73 bits per heavy atom. The van der Waals surface area contributed by atoms with Crippen LogP contribution < -0.4 is 10.1 Å². The van der Waals surface area contributed by atoms with Gasteiger partial charge in [0.2, 0.25) is 0 Å². The second kappa shape index (κ2) is 7.75. The Bertz CT molecular complexity index is 923. The zero-order valence-electron chi connectivity index (χ0n) is 15.6. The number of ether oxygens (including phenoxy) is 1. The van der Waals surface area contributed by atoms with Gasteiger partial charge in [0, 0.05) is 11.3 Å². The van der Waals surface area contributed by atoms with Gasteiger partial charge >= 0.3 is 0 Å². The largest absolute Gasteiger partial charge is 0.489 e. The van der Waals surface area contributed by atoms with Crippen molar-refractivity contribution >= 4 is 22.9 Å². The molecule has 0 atom stereocenters. The van der Waals surface area contributed by atoms with Gasteiger partial charge in [0.25, 0.3) is 5.91 Å². The molecule has 134 valence electrons. The summed E-state index contributed by atoms with van der Waals surface area (Å²) in [6.07, 6.45) is 0. The third-order valence-electron chi connectivity index (χ3n) is 4.32. The number of thiophene rings is 1. The van der Waals surface area contributed by atoms with Crippen LogP contribution in [0.3, 0.4) is 0 Å². The summed E-state index contributed by atoms with van der Waals surface area (Å²) in [5, 5.41) is 5.00. The van der Waals surface area contributed by atoms with Gasteiger partial charge in [0.05, 0.1) is 4.88 Å². The number of carbonyl (C=O) groups is 1. The Morgan fingerprint density at radius 1 is 1.00 bits per heavy atom. The fourth-order valence-corrected chi connectivity index (χ4v) is 3.67. The molecule has 0 unspecified atom stereocenters. The molecule has 0 spiro atoms. The van der Waals surface area contributed by atoms with E-state index in [2.05, 4.69) is 18.3 Å². The molecule has 0 aliphatic carbocycles. The molecule has 0 saturated heterocycles. The van der Waals surface area contributed by atoms with Crippen molar-refractivity contribution < 1.29 is 9.53 Å². The Kier molecular flexibility index (Phi) is 5.43. The van der Waals surface area contributed by atoms with Crippen molar-refractivity contribution in [3.8, 4) is 5.75 Å². The average molecular weight is 365 g/mol.